The van der Waals surface area contributed by atoms with Crippen molar-refractivity contribution in [1.29, 1.82) is 0 Å². The number of methoxy groups -OCH3 is 1. The minimum Gasteiger partial charge on any atom is -0.496 e. The lowest BCUT2D eigenvalue weighted by molar-refractivity contribution is 0.381. The smallest absolute Gasteiger partial charge is 0.124 e. The average molecular weight is 197 g/mol. The summed E-state index contributed by atoms with van der Waals surface area (Å²) >= 11 is 0. The predicted molar refractivity (Wildman–Crippen MR) is 54.8 cm³/mol. The molecule has 0 aliphatic rings. The Morgan fingerprint density at radius 3 is 2.64 bits per heavy atom. The minimum atomic E-state index is -0.548. The second kappa shape index (κ2) is 3.96. The first kappa shape index (κ1) is 11.0. The molecule has 1 rings (SSSR count). The van der Waals surface area contributed by atoms with Gasteiger partial charge in [-0.2, -0.15) is 0 Å². The Kier molecular flexibility index (Phi) is 3.11. The van der Waals surface area contributed by atoms with E-state index in [1.54, 1.807) is 13.2 Å². The average Bonchev–Trinajstić information content (AvgIpc) is 2.18. The molecule has 1 aromatic rings. The van der Waals surface area contributed by atoms with Crippen molar-refractivity contribution in [3.63, 3.8) is 0 Å². The minimum absolute atomic E-state index is 0.286. The third-order valence-corrected chi connectivity index (χ3v) is 2.51. The van der Waals surface area contributed by atoms with Gasteiger partial charge in [-0.25, -0.2) is 4.39 Å². The van der Waals surface area contributed by atoms with Gasteiger partial charge < -0.3 is 10.5 Å². The van der Waals surface area contributed by atoms with Crippen molar-refractivity contribution >= 4 is 0 Å². The number of rotatable bonds is 3. The number of ether oxygens (including phenoxy) is 1. The standard InChI is InChI=1S/C11H16FNO/c1-4-11(2,13)9-7-8(12)5-6-10(9)14-3/h5-7H,4,13H2,1-3H3. The van der Waals surface area contributed by atoms with Gasteiger partial charge in [0.15, 0.2) is 0 Å². The van der Waals surface area contributed by atoms with Crippen LogP contribution in [0.2, 0.25) is 0 Å². The molecule has 1 atom stereocenters. The second-order valence-corrected chi connectivity index (χ2v) is 3.62. The fourth-order valence-corrected chi connectivity index (χ4v) is 1.32. The molecule has 2 nitrogen and oxygen atoms in total. The van der Waals surface area contributed by atoms with E-state index < -0.39 is 5.54 Å². The number of hydrogen-bond donors (Lipinski definition) is 1. The van der Waals surface area contributed by atoms with E-state index in [1.165, 1.54) is 12.1 Å². The molecule has 1 aromatic carbocycles. The van der Waals surface area contributed by atoms with Crippen LogP contribution in [0.5, 0.6) is 5.75 Å². The highest BCUT2D eigenvalue weighted by molar-refractivity contribution is 5.38. The Labute approximate surface area is 83.9 Å². The van der Waals surface area contributed by atoms with Crippen LogP contribution in [0.25, 0.3) is 0 Å². The molecule has 0 spiro atoms. The van der Waals surface area contributed by atoms with Gasteiger partial charge in [-0.1, -0.05) is 6.92 Å². The zero-order chi connectivity index (χ0) is 10.8. The maximum Gasteiger partial charge on any atom is 0.124 e. The highest BCUT2D eigenvalue weighted by atomic mass is 19.1. The topological polar surface area (TPSA) is 35.2 Å². The van der Waals surface area contributed by atoms with Crippen LogP contribution in [-0.4, -0.2) is 7.11 Å². The van der Waals surface area contributed by atoms with Gasteiger partial charge in [-0.3, -0.25) is 0 Å². The Balaban J connectivity index is 3.23. The molecule has 14 heavy (non-hydrogen) atoms. The maximum atomic E-state index is 13.0. The molecule has 0 bridgehead atoms. The van der Waals surface area contributed by atoms with E-state index >= 15 is 0 Å². The maximum absolute atomic E-state index is 13.0. The van der Waals surface area contributed by atoms with Crippen LogP contribution >= 0.6 is 0 Å². The van der Waals surface area contributed by atoms with Crippen molar-refractivity contribution in [3.8, 4) is 5.75 Å². The summed E-state index contributed by atoms with van der Waals surface area (Å²) in [6.07, 6.45) is 0.729. The molecule has 0 saturated heterocycles. The molecule has 0 aliphatic carbocycles. The lowest BCUT2D eigenvalue weighted by Crippen LogP contribution is -2.32. The Morgan fingerprint density at radius 2 is 2.14 bits per heavy atom. The van der Waals surface area contributed by atoms with Crippen LogP contribution in [0.15, 0.2) is 18.2 Å². The number of benzene rings is 1. The summed E-state index contributed by atoms with van der Waals surface area (Å²) in [5.74, 6) is 0.351. The molecule has 78 valence electrons. The highest BCUT2D eigenvalue weighted by Gasteiger charge is 2.23. The summed E-state index contributed by atoms with van der Waals surface area (Å²) < 4.78 is 18.2. The monoisotopic (exact) mass is 197 g/mol. The summed E-state index contributed by atoms with van der Waals surface area (Å²) in [5.41, 5.74) is 6.20. The molecule has 0 aliphatic heterocycles. The van der Waals surface area contributed by atoms with Crippen molar-refractivity contribution in [2.45, 2.75) is 25.8 Å². The fourth-order valence-electron chi connectivity index (χ4n) is 1.32. The van der Waals surface area contributed by atoms with E-state index in [4.69, 9.17) is 10.5 Å². The quantitative estimate of drug-likeness (QED) is 0.807. The predicted octanol–water partition coefficient (Wildman–Crippen LogP) is 2.42. The number of halogens is 1. The van der Waals surface area contributed by atoms with Gasteiger partial charge >= 0.3 is 0 Å². The second-order valence-electron chi connectivity index (χ2n) is 3.62. The zero-order valence-corrected chi connectivity index (χ0v) is 8.80. The molecule has 1 unspecified atom stereocenters. The number of nitrogens with two attached hydrogens (primary N) is 1. The molecule has 0 aromatic heterocycles. The first-order valence-electron chi connectivity index (χ1n) is 4.64. The van der Waals surface area contributed by atoms with E-state index in [1.807, 2.05) is 13.8 Å². The van der Waals surface area contributed by atoms with Gasteiger partial charge in [0.2, 0.25) is 0 Å². The van der Waals surface area contributed by atoms with E-state index in [-0.39, 0.29) is 5.82 Å². The third-order valence-electron chi connectivity index (χ3n) is 2.51. The van der Waals surface area contributed by atoms with Gasteiger partial charge in [-0.05, 0) is 31.5 Å². The first-order chi connectivity index (χ1) is 6.51. The van der Waals surface area contributed by atoms with Crippen molar-refractivity contribution in [3.05, 3.63) is 29.6 Å². The van der Waals surface area contributed by atoms with Crippen LogP contribution in [0.3, 0.4) is 0 Å². The van der Waals surface area contributed by atoms with Gasteiger partial charge in [-0.15, -0.1) is 0 Å². The van der Waals surface area contributed by atoms with Crippen molar-refractivity contribution in [2.24, 2.45) is 5.73 Å². The van der Waals surface area contributed by atoms with Crippen LogP contribution in [0.1, 0.15) is 25.8 Å². The van der Waals surface area contributed by atoms with Crippen LogP contribution in [0.4, 0.5) is 4.39 Å². The Morgan fingerprint density at radius 1 is 1.50 bits per heavy atom. The van der Waals surface area contributed by atoms with Gasteiger partial charge in [0.05, 0.1) is 7.11 Å². The summed E-state index contributed by atoms with van der Waals surface area (Å²) in [4.78, 5) is 0. The lowest BCUT2D eigenvalue weighted by Gasteiger charge is -2.25. The van der Waals surface area contributed by atoms with Crippen molar-refractivity contribution < 1.29 is 9.13 Å². The fraction of sp³-hybridized carbons (Fsp3) is 0.455. The summed E-state index contributed by atoms with van der Waals surface area (Å²) in [6, 6.07) is 4.40. The molecule has 0 fully saturated rings. The Hall–Kier alpha value is -1.09. The zero-order valence-electron chi connectivity index (χ0n) is 8.80. The normalized spacial score (nSPS) is 14.9. The molecule has 0 saturated carbocycles. The third kappa shape index (κ3) is 2.04. The summed E-state index contributed by atoms with van der Waals surface area (Å²) in [6.45, 7) is 3.83. The molecular formula is C11H16FNO. The van der Waals surface area contributed by atoms with Gasteiger partial charge in [0.25, 0.3) is 0 Å². The molecule has 0 heterocycles. The van der Waals surface area contributed by atoms with Crippen LogP contribution < -0.4 is 10.5 Å². The van der Waals surface area contributed by atoms with E-state index in [0.29, 0.717) is 11.3 Å². The van der Waals surface area contributed by atoms with Crippen molar-refractivity contribution in [2.75, 3.05) is 7.11 Å². The Bertz CT molecular complexity index is 323. The number of hydrogen-bond acceptors (Lipinski definition) is 2. The van der Waals surface area contributed by atoms with E-state index in [9.17, 15) is 4.39 Å². The summed E-state index contributed by atoms with van der Waals surface area (Å²) in [5, 5.41) is 0. The van der Waals surface area contributed by atoms with E-state index in [0.717, 1.165) is 6.42 Å². The SMILES string of the molecule is CCC(C)(N)c1cc(F)ccc1OC. The van der Waals surface area contributed by atoms with E-state index in [2.05, 4.69) is 0 Å². The van der Waals surface area contributed by atoms with Crippen LogP contribution in [0, 0.1) is 5.82 Å². The molecule has 0 radical (unpaired) electrons. The largest absolute Gasteiger partial charge is 0.496 e. The molecule has 2 N–H and O–H groups in total. The lowest BCUT2D eigenvalue weighted by atomic mass is 9.90. The highest BCUT2D eigenvalue weighted by Crippen LogP contribution is 2.30. The molecule has 0 amide bonds. The first-order valence-corrected chi connectivity index (χ1v) is 4.64. The molecule has 3 heteroatoms. The van der Waals surface area contributed by atoms with Crippen LogP contribution in [-0.2, 0) is 5.54 Å². The van der Waals surface area contributed by atoms with Crippen molar-refractivity contribution in [1.82, 2.24) is 0 Å². The van der Waals surface area contributed by atoms with Gasteiger partial charge in [0.1, 0.15) is 11.6 Å². The summed E-state index contributed by atoms with van der Waals surface area (Å²) in [7, 11) is 1.56. The molecular weight excluding hydrogens is 181 g/mol. The van der Waals surface area contributed by atoms with Gasteiger partial charge in [0, 0.05) is 11.1 Å².